The molecule has 5 nitrogen and oxygen atoms in total. The molecule has 1 heterocycles. The van der Waals surface area contributed by atoms with E-state index in [1.54, 1.807) is 31.2 Å². The van der Waals surface area contributed by atoms with Crippen molar-refractivity contribution in [2.24, 2.45) is 5.92 Å². The van der Waals surface area contributed by atoms with E-state index in [1.165, 1.54) is 12.3 Å². The van der Waals surface area contributed by atoms with E-state index >= 15 is 0 Å². The molecule has 0 fully saturated rings. The van der Waals surface area contributed by atoms with Crippen molar-refractivity contribution < 1.29 is 8.42 Å². The maximum absolute atomic E-state index is 12.4. The zero-order chi connectivity index (χ0) is 17.7. The van der Waals surface area contributed by atoms with E-state index in [1.807, 2.05) is 0 Å². The number of benzene rings is 1. The first-order valence-corrected chi connectivity index (χ1v) is 9.63. The first kappa shape index (κ1) is 18.5. The molecule has 0 saturated heterocycles. The van der Waals surface area contributed by atoms with Crippen LogP contribution in [0.25, 0.3) is 0 Å². The Kier molecular flexibility index (Phi) is 6.07. The lowest BCUT2D eigenvalue weighted by Gasteiger charge is -2.11. The number of anilines is 2. The third-order valence-corrected chi connectivity index (χ3v) is 5.29. The molecule has 0 radical (unpaired) electrons. The van der Waals surface area contributed by atoms with E-state index in [2.05, 4.69) is 28.9 Å². The zero-order valence-corrected chi connectivity index (χ0v) is 15.6. The lowest BCUT2D eigenvalue weighted by Crippen LogP contribution is -2.13. The van der Waals surface area contributed by atoms with Crippen molar-refractivity contribution >= 4 is 33.1 Å². The third kappa shape index (κ3) is 5.11. The largest absolute Gasteiger partial charge is 0.370 e. The molecule has 0 bridgehead atoms. The Morgan fingerprint density at radius 2 is 1.96 bits per heavy atom. The third-order valence-electron chi connectivity index (χ3n) is 3.48. The summed E-state index contributed by atoms with van der Waals surface area (Å²) in [6.07, 6.45) is 2.55. The van der Waals surface area contributed by atoms with Gasteiger partial charge < -0.3 is 5.32 Å². The fraction of sp³-hybridized carbons (Fsp3) is 0.353. The molecule has 130 valence electrons. The Bertz CT molecular complexity index is 790. The van der Waals surface area contributed by atoms with Crippen molar-refractivity contribution in [3.8, 4) is 0 Å². The fourth-order valence-corrected chi connectivity index (χ4v) is 3.29. The van der Waals surface area contributed by atoms with Gasteiger partial charge in [-0.1, -0.05) is 25.4 Å². The van der Waals surface area contributed by atoms with Gasteiger partial charge in [0.25, 0.3) is 10.0 Å². The van der Waals surface area contributed by atoms with E-state index < -0.39 is 10.0 Å². The van der Waals surface area contributed by atoms with E-state index in [9.17, 15) is 8.42 Å². The van der Waals surface area contributed by atoms with Crippen LogP contribution in [-0.4, -0.2) is 19.9 Å². The number of halogens is 1. The van der Waals surface area contributed by atoms with Crippen LogP contribution in [0.15, 0.2) is 41.4 Å². The van der Waals surface area contributed by atoms with E-state index in [-0.39, 0.29) is 4.90 Å². The lowest BCUT2D eigenvalue weighted by atomic mass is 10.1. The number of pyridine rings is 1. The molecule has 2 rings (SSSR count). The van der Waals surface area contributed by atoms with Crippen LogP contribution in [0.3, 0.4) is 0 Å². The molecular weight excluding hydrogens is 346 g/mol. The SMILES string of the molecule is Cc1cc(S(=O)(=O)Nc2ccc(NCCC(C)C)nc2)ccc1Cl. The number of nitrogens with zero attached hydrogens (tertiary/aromatic N) is 1. The summed E-state index contributed by atoms with van der Waals surface area (Å²) in [5, 5.41) is 3.74. The number of hydrogen-bond acceptors (Lipinski definition) is 4. The van der Waals surface area contributed by atoms with Gasteiger partial charge in [0.05, 0.1) is 16.8 Å². The fourth-order valence-electron chi connectivity index (χ4n) is 2.05. The maximum Gasteiger partial charge on any atom is 0.261 e. The molecule has 0 aliphatic rings. The molecule has 2 aromatic rings. The Labute approximate surface area is 148 Å². The summed E-state index contributed by atoms with van der Waals surface area (Å²) in [6.45, 7) is 6.91. The van der Waals surface area contributed by atoms with E-state index in [0.29, 0.717) is 22.2 Å². The van der Waals surface area contributed by atoms with Crippen LogP contribution in [0.1, 0.15) is 25.8 Å². The molecule has 1 aromatic carbocycles. The molecule has 0 spiro atoms. The highest BCUT2D eigenvalue weighted by atomic mass is 35.5. The predicted molar refractivity (Wildman–Crippen MR) is 99.2 cm³/mol. The van der Waals surface area contributed by atoms with Crippen molar-refractivity contribution in [2.75, 3.05) is 16.6 Å². The van der Waals surface area contributed by atoms with Crippen LogP contribution in [0.4, 0.5) is 11.5 Å². The van der Waals surface area contributed by atoms with Crippen molar-refractivity contribution in [1.29, 1.82) is 0 Å². The molecule has 0 aliphatic heterocycles. The second kappa shape index (κ2) is 7.85. The molecule has 24 heavy (non-hydrogen) atoms. The smallest absolute Gasteiger partial charge is 0.261 e. The summed E-state index contributed by atoms with van der Waals surface area (Å²) in [5.41, 5.74) is 1.12. The molecule has 2 N–H and O–H groups in total. The zero-order valence-electron chi connectivity index (χ0n) is 14.0. The van der Waals surface area contributed by atoms with Gasteiger partial charge in [0.2, 0.25) is 0 Å². The number of sulfonamides is 1. The van der Waals surface area contributed by atoms with Gasteiger partial charge in [-0.25, -0.2) is 13.4 Å². The van der Waals surface area contributed by atoms with E-state index in [4.69, 9.17) is 11.6 Å². The Hall–Kier alpha value is -1.79. The number of aryl methyl sites for hydroxylation is 1. The summed E-state index contributed by atoms with van der Waals surface area (Å²) >= 11 is 5.94. The first-order valence-electron chi connectivity index (χ1n) is 7.77. The Balaban J connectivity index is 2.05. The molecule has 0 amide bonds. The van der Waals surface area contributed by atoms with Gasteiger partial charge >= 0.3 is 0 Å². The predicted octanol–water partition coefficient (Wildman–Crippen LogP) is 4.30. The minimum Gasteiger partial charge on any atom is -0.370 e. The molecule has 1 aromatic heterocycles. The monoisotopic (exact) mass is 367 g/mol. The van der Waals surface area contributed by atoms with Gasteiger partial charge in [-0.05, 0) is 55.2 Å². The minimum absolute atomic E-state index is 0.170. The van der Waals surface area contributed by atoms with E-state index in [0.717, 1.165) is 18.8 Å². The number of nitrogens with one attached hydrogen (secondary N) is 2. The van der Waals surface area contributed by atoms with Crippen molar-refractivity contribution in [3.63, 3.8) is 0 Å². The van der Waals surface area contributed by atoms with Gasteiger partial charge in [-0.3, -0.25) is 4.72 Å². The Morgan fingerprint density at radius 1 is 1.21 bits per heavy atom. The molecule has 0 unspecified atom stereocenters. The minimum atomic E-state index is -3.66. The summed E-state index contributed by atoms with van der Waals surface area (Å²) in [7, 11) is -3.66. The van der Waals surface area contributed by atoms with Gasteiger partial charge in [0, 0.05) is 11.6 Å². The quantitative estimate of drug-likeness (QED) is 0.765. The van der Waals surface area contributed by atoms with Crippen LogP contribution in [0, 0.1) is 12.8 Å². The average Bonchev–Trinajstić information content (AvgIpc) is 2.51. The standard InChI is InChI=1S/C17H22ClN3O2S/c1-12(2)8-9-19-17-7-4-14(11-20-17)21-24(22,23)15-5-6-16(18)13(3)10-15/h4-7,10-12,21H,8-9H2,1-3H3,(H,19,20). The second-order valence-corrected chi connectivity index (χ2v) is 8.15. The summed E-state index contributed by atoms with van der Waals surface area (Å²) < 4.78 is 27.3. The van der Waals surface area contributed by atoms with Crippen LogP contribution < -0.4 is 10.0 Å². The topological polar surface area (TPSA) is 71.1 Å². The van der Waals surface area contributed by atoms with Gasteiger partial charge in [0.15, 0.2) is 0 Å². The highest BCUT2D eigenvalue weighted by molar-refractivity contribution is 7.92. The first-order chi connectivity index (χ1) is 11.3. The highest BCUT2D eigenvalue weighted by Crippen LogP contribution is 2.22. The van der Waals surface area contributed by atoms with Crippen molar-refractivity contribution in [3.05, 3.63) is 47.1 Å². The lowest BCUT2D eigenvalue weighted by molar-refractivity contribution is 0.601. The summed E-state index contributed by atoms with van der Waals surface area (Å²) in [6, 6.07) is 8.04. The van der Waals surface area contributed by atoms with Crippen LogP contribution >= 0.6 is 11.6 Å². The van der Waals surface area contributed by atoms with Crippen LogP contribution in [0.2, 0.25) is 5.02 Å². The number of hydrogen-bond donors (Lipinski definition) is 2. The molecule has 0 saturated carbocycles. The van der Waals surface area contributed by atoms with Gasteiger partial charge in [-0.15, -0.1) is 0 Å². The number of rotatable bonds is 7. The average molecular weight is 368 g/mol. The molecule has 7 heteroatoms. The normalized spacial score (nSPS) is 11.5. The molecule has 0 atom stereocenters. The second-order valence-electron chi connectivity index (χ2n) is 6.06. The van der Waals surface area contributed by atoms with Gasteiger partial charge in [0.1, 0.15) is 5.82 Å². The molecule has 0 aliphatic carbocycles. The van der Waals surface area contributed by atoms with Crippen molar-refractivity contribution in [1.82, 2.24) is 4.98 Å². The Morgan fingerprint density at radius 3 is 2.54 bits per heavy atom. The van der Waals surface area contributed by atoms with Crippen LogP contribution in [-0.2, 0) is 10.0 Å². The maximum atomic E-state index is 12.4. The number of aromatic nitrogens is 1. The summed E-state index contributed by atoms with van der Waals surface area (Å²) in [5.74, 6) is 1.34. The van der Waals surface area contributed by atoms with Gasteiger partial charge in [-0.2, -0.15) is 0 Å². The highest BCUT2D eigenvalue weighted by Gasteiger charge is 2.15. The van der Waals surface area contributed by atoms with Crippen molar-refractivity contribution in [2.45, 2.75) is 32.1 Å². The molecular formula is C17H22ClN3O2S. The van der Waals surface area contributed by atoms with Crippen LogP contribution in [0.5, 0.6) is 0 Å². The summed E-state index contributed by atoms with van der Waals surface area (Å²) in [4.78, 5) is 4.40.